The Kier molecular flexibility index (Phi) is 14.6. The quantitative estimate of drug-likeness (QED) is 0.255. The number of amides is 2. The average Bonchev–Trinajstić information content (AvgIpc) is 3.07. The molecule has 2 amide bonds. The molecule has 0 spiro atoms. The van der Waals surface area contributed by atoms with Crippen LogP contribution in [0.15, 0.2) is 60.7 Å². The van der Waals surface area contributed by atoms with Crippen LogP contribution in [0.3, 0.4) is 0 Å². The van der Waals surface area contributed by atoms with E-state index < -0.39 is 53.4 Å². The fourth-order valence-corrected chi connectivity index (χ4v) is 5.33. The van der Waals surface area contributed by atoms with Crippen molar-refractivity contribution in [1.29, 1.82) is 0 Å². The number of carbonyl (C=O) groups excluding carboxylic acids is 5. The molecule has 0 saturated heterocycles. The molecular weight excluding hydrogens is 664 g/mol. The minimum Gasteiger partial charge on any atom is -0.495 e. The summed E-state index contributed by atoms with van der Waals surface area (Å²) >= 11 is 6.31. The number of halogens is 1. The maximum Gasteiger partial charge on any atom is 0.347 e. The molecule has 50 heavy (non-hydrogen) atoms. The number of cyclic esters (lactones) is 2. The molecule has 270 valence electrons. The van der Waals surface area contributed by atoms with Gasteiger partial charge in [-0.1, -0.05) is 68.8 Å². The zero-order chi connectivity index (χ0) is 37.0. The maximum atomic E-state index is 13.6. The van der Waals surface area contributed by atoms with E-state index in [2.05, 4.69) is 10.6 Å². The van der Waals surface area contributed by atoms with Gasteiger partial charge in [0.25, 0.3) is 0 Å². The second kappa shape index (κ2) is 18.4. The van der Waals surface area contributed by atoms with Crippen LogP contribution in [0.2, 0.25) is 5.02 Å². The van der Waals surface area contributed by atoms with E-state index >= 15 is 0 Å². The van der Waals surface area contributed by atoms with Gasteiger partial charge in [0.15, 0.2) is 6.10 Å². The van der Waals surface area contributed by atoms with Gasteiger partial charge in [0.05, 0.1) is 30.2 Å². The highest BCUT2D eigenvalue weighted by Gasteiger charge is 2.37. The maximum absolute atomic E-state index is 13.6. The van der Waals surface area contributed by atoms with Crippen molar-refractivity contribution in [3.8, 4) is 5.75 Å². The summed E-state index contributed by atoms with van der Waals surface area (Å²) in [4.78, 5) is 65.4. The number of methoxy groups -OCH3 is 2. The summed E-state index contributed by atoms with van der Waals surface area (Å²) in [6, 6.07) is 10.9. The number of ether oxygens (including phenoxy) is 4. The van der Waals surface area contributed by atoms with E-state index in [-0.39, 0.29) is 37.6 Å². The van der Waals surface area contributed by atoms with Crippen LogP contribution < -0.4 is 15.4 Å². The van der Waals surface area contributed by atoms with Gasteiger partial charge < -0.3 is 29.6 Å². The Labute approximate surface area is 298 Å². The summed E-state index contributed by atoms with van der Waals surface area (Å²) in [5.41, 5.74) is 0.667. The summed E-state index contributed by atoms with van der Waals surface area (Å²) in [6.45, 7) is 8.74. The Morgan fingerprint density at radius 2 is 1.74 bits per heavy atom. The van der Waals surface area contributed by atoms with Crippen LogP contribution in [0.25, 0.3) is 6.08 Å². The number of carbonyl (C=O) groups is 5. The molecule has 0 unspecified atom stereocenters. The molecule has 1 heterocycles. The van der Waals surface area contributed by atoms with E-state index in [0.717, 1.165) is 5.56 Å². The molecule has 0 aliphatic carbocycles. The largest absolute Gasteiger partial charge is 0.495 e. The SMILES string of the molecule is COC(=O)c1ccc(/C=C/[C@@H](C)[C@@H]2C/C=C/C(=O)N[C@H](Cc3ccc(OC)c(Cl)c3)C(=O)NCC(C)(C)C(=O)O[C@@H](CC(C)C)C(=O)O2)cc1. The molecule has 2 aromatic rings. The van der Waals surface area contributed by atoms with Crippen LogP contribution in [-0.2, 0) is 39.8 Å². The number of hydrogen-bond donors (Lipinski definition) is 2. The van der Waals surface area contributed by atoms with Gasteiger partial charge in [-0.3, -0.25) is 14.4 Å². The fourth-order valence-electron chi connectivity index (χ4n) is 5.05. The molecule has 0 fully saturated rings. The highest BCUT2D eigenvalue weighted by Crippen LogP contribution is 2.26. The van der Waals surface area contributed by atoms with Crippen molar-refractivity contribution in [2.24, 2.45) is 17.3 Å². The van der Waals surface area contributed by atoms with Gasteiger partial charge in [0, 0.05) is 25.3 Å². The normalized spacial score (nSPS) is 21.8. The second-order valence-corrected chi connectivity index (χ2v) is 13.7. The molecule has 12 heteroatoms. The number of nitrogens with one attached hydrogen (secondary N) is 2. The monoisotopic (exact) mass is 710 g/mol. The summed E-state index contributed by atoms with van der Waals surface area (Å²) < 4.78 is 21.7. The van der Waals surface area contributed by atoms with E-state index in [1.807, 2.05) is 32.9 Å². The lowest BCUT2D eigenvalue weighted by molar-refractivity contribution is -0.178. The smallest absolute Gasteiger partial charge is 0.347 e. The van der Waals surface area contributed by atoms with Crippen molar-refractivity contribution in [2.75, 3.05) is 20.8 Å². The summed E-state index contributed by atoms with van der Waals surface area (Å²) in [5.74, 6) is -2.77. The molecule has 11 nitrogen and oxygen atoms in total. The molecule has 1 aliphatic heterocycles. The number of rotatable bonds is 9. The van der Waals surface area contributed by atoms with Gasteiger partial charge in [-0.2, -0.15) is 0 Å². The highest BCUT2D eigenvalue weighted by molar-refractivity contribution is 6.32. The topological polar surface area (TPSA) is 146 Å². The molecule has 1 aliphatic rings. The van der Waals surface area contributed by atoms with Crippen molar-refractivity contribution in [3.05, 3.63) is 82.4 Å². The Balaban J connectivity index is 1.93. The van der Waals surface area contributed by atoms with Gasteiger partial charge in [0.1, 0.15) is 17.9 Å². The van der Waals surface area contributed by atoms with Crippen LogP contribution in [0.4, 0.5) is 0 Å². The standard InChI is InChI=1S/C38H47ClN2O9/c1-23(2)19-32-36(45)49-30(24(3)11-12-25-13-16-27(17-14-25)35(44)48-7)9-8-10-33(42)41-29(21-26-15-18-31(47-6)28(39)20-26)34(43)40-22-38(4,5)37(46)50-32/h8,10-18,20,23-24,29-30,32H,9,19,21-22H2,1-7H3,(H,40,43)(H,41,42)/b10-8+,12-11+/t24-,29-,30+,32+/m1/s1. The molecule has 2 N–H and O–H groups in total. The first-order chi connectivity index (χ1) is 23.6. The third-order valence-corrected chi connectivity index (χ3v) is 8.45. The second-order valence-electron chi connectivity index (χ2n) is 13.3. The number of benzene rings is 2. The lowest BCUT2D eigenvalue weighted by Crippen LogP contribution is -2.51. The fraction of sp³-hybridized carbons (Fsp3) is 0.447. The van der Waals surface area contributed by atoms with Gasteiger partial charge >= 0.3 is 17.9 Å². The van der Waals surface area contributed by atoms with Crippen molar-refractivity contribution >= 4 is 47.4 Å². The molecule has 0 bridgehead atoms. The van der Waals surface area contributed by atoms with Crippen molar-refractivity contribution in [3.63, 3.8) is 0 Å². The lowest BCUT2D eigenvalue weighted by Gasteiger charge is -2.29. The van der Waals surface area contributed by atoms with Crippen molar-refractivity contribution < 1.29 is 42.9 Å². The Bertz CT molecular complexity index is 1580. The Hall–Kier alpha value is -4.64. The van der Waals surface area contributed by atoms with Crippen LogP contribution in [0, 0.1) is 17.3 Å². The molecule has 0 radical (unpaired) electrons. The third kappa shape index (κ3) is 11.8. The van der Waals surface area contributed by atoms with E-state index in [0.29, 0.717) is 21.9 Å². The highest BCUT2D eigenvalue weighted by atomic mass is 35.5. The van der Waals surface area contributed by atoms with Gasteiger partial charge in [-0.15, -0.1) is 0 Å². The molecular formula is C38H47ClN2O9. The van der Waals surface area contributed by atoms with Crippen molar-refractivity contribution in [1.82, 2.24) is 10.6 Å². The van der Waals surface area contributed by atoms with E-state index in [1.165, 1.54) is 20.3 Å². The molecule has 0 saturated carbocycles. The number of hydrogen-bond acceptors (Lipinski definition) is 9. The van der Waals surface area contributed by atoms with Crippen LogP contribution in [0.5, 0.6) is 5.75 Å². The first kappa shape index (κ1) is 39.8. The minimum atomic E-state index is -1.22. The average molecular weight is 711 g/mol. The molecule has 4 atom stereocenters. The summed E-state index contributed by atoms with van der Waals surface area (Å²) in [5, 5.41) is 5.86. The van der Waals surface area contributed by atoms with Gasteiger partial charge in [-0.25, -0.2) is 9.59 Å². The van der Waals surface area contributed by atoms with Crippen molar-refractivity contribution in [2.45, 2.75) is 72.1 Å². The van der Waals surface area contributed by atoms with Crippen LogP contribution in [-0.4, -0.2) is 68.7 Å². The first-order valence-electron chi connectivity index (χ1n) is 16.5. The molecule has 3 rings (SSSR count). The van der Waals surface area contributed by atoms with Crippen LogP contribution >= 0.6 is 11.6 Å². The lowest BCUT2D eigenvalue weighted by atomic mass is 9.93. The predicted molar refractivity (Wildman–Crippen MR) is 189 cm³/mol. The zero-order valence-corrected chi connectivity index (χ0v) is 30.4. The van der Waals surface area contributed by atoms with Gasteiger partial charge in [0.2, 0.25) is 11.8 Å². The molecule has 2 aromatic carbocycles. The number of esters is 3. The Morgan fingerprint density at radius 3 is 2.36 bits per heavy atom. The summed E-state index contributed by atoms with van der Waals surface area (Å²) in [7, 11) is 2.81. The van der Waals surface area contributed by atoms with Gasteiger partial charge in [-0.05, 0) is 67.7 Å². The Morgan fingerprint density at radius 1 is 1.04 bits per heavy atom. The zero-order valence-electron chi connectivity index (χ0n) is 29.6. The van der Waals surface area contributed by atoms with E-state index in [1.54, 1.807) is 62.4 Å². The van der Waals surface area contributed by atoms with Crippen LogP contribution in [0.1, 0.15) is 68.9 Å². The predicted octanol–water partition coefficient (Wildman–Crippen LogP) is 5.48. The minimum absolute atomic E-state index is 0.00620. The van der Waals surface area contributed by atoms with E-state index in [4.69, 9.17) is 30.5 Å². The summed E-state index contributed by atoms with van der Waals surface area (Å²) in [6.07, 6.45) is 5.10. The third-order valence-electron chi connectivity index (χ3n) is 8.16. The van der Waals surface area contributed by atoms with E-state index in [9.17, 15) is 24.0 Å². The first-order valence-corrected chi connectivity index (χ1v) is 16.9. The molecule has 0 aromatic heterocycles.